The Bertz CT molecular complexity index is 1130. The number of nitrogens with one attached hydrogen (secondary N) is 1. The molecule has 3 rings (SSSR count). The lowest BCUT2D eigenvalue weighted by atomic mass is 10.00. The molecule has 0 aromatic heterocycles. The van der Waals surface area contributed by atoms with Crippen molar-refractivity contribution < 1.29 is 27.1 Å². The Kier molecular flexibility index (Phi) is 5.93. The highest BCUT2D eigenvalue weighted by Crippen LogP contribution is 2.22. The molecule has 0 unspecified atom stereocenters. The number of hydrogen-bond acceptors (Lipinski definition) is 3. The van der Waals surface area contributed by atoms with Gasteiger partial charge in [0, 0.05) is 5.69 Å². The first-order valence-corrected chi connectivity index (χ1v) is 10.1. The number of anilines is 1. The van der Waals surface area contributed by atoms with E-state index < -0.39 is 32.5 Å². The molecule has 0 aliphatic heterocycles. The van der Waals surface area contributed by atoms with Crippen molar-refractivity contribution >= 4 is 21.7 Å². The molecule has 0 aliphatic rings. The van der Waals surface area contributed by atoms with Crippen molar-refractivity contribution in [1.82, 2.24) is 0 Å². The summed E-state index contributed by atoms with van der Waals surface area (Å²) in [7, 11) is -4.42. The predicted octanol–water partition coefficient (Wildman–Crippen LogP) is 4.25. The number of carbonyl (C=O) groups is 1. The highest BCUT2D eigenvalue weighted by atomic mass is 32.2. The molecular formula is C21H17F2NO4S. The van der Waals surface area contributed by atoms with Crippen LogP contribution in [0.25, 0.3) is 0 Å². The maximum absolute atomic E-state index is 13.8. The molecule has 0 heterocycles. The molecule has 0 fully saturated rings. The number of benzene rings is 3. The minimum absolute atomic E-state index is 0.155. The summed E-state index contributed by atoms with van der Waals surface area (Å²) in [5.41, 5.74) is 1.94. The van der Waals surface area contributed by atoms with Gasteiger partial charge in [0.1, 0.15) is 11.6 Å². The summed E-state index contributed by atoms with van der Waals surface area (Å²) in [6.45, 7) is 0. The van der Waals surface area contributed by atoms with Crippen LogP contribution in [0.15, 0.2) is 71.6 Å². The zero-order valence-corrected chi connectivity index (χ0v) is 15.9. The molecule has 0 atom stereocenters. The van der Waals surface area contributed by atoms with Crippen LogP contribution in [0.2, 0.25) is 0 Å². The third-order valence-electron chi connectivity index (χ3n) is 4.32. The van der Waals surface area contributed by atoms with E-state index in [1.54, 1.807) is 30.3 Å². The Labute approximate surface area is 166 Å². The molecule has 0 saturated heterocycles. The number of hydrogen-bond donors (Lipinski definition) is 2. The number of sulfonamides is 1. The van der Waals surface area contributed by atoms with E-state index >= 15 is 0 Å². The molecule has 5 nitrogen and oxygen atoms in total. The standard InChI is InChI=1S/C21H17F2NO4S/c22-18-6-3-7-19(23)20(18)29(27,28)24-16-12-9-14(10-13-16)8-11-15-4-1-2-5-17(15)21(25)26/h1-7,9-10,12-13,24H,8,11H2,(H,25,26). The van der Waals surface area contributed by atoms with E-state index in [1.165, 1.54) is 18.2 Å². The van der Waals surface area contributed by atoms with Gasteiger partial charge in [0.05, 0.1) is 5.56 Å². The van der Waals surface area contributed by atoms with E-state index in [0.717, 1.165) is 23.8 Å². The smallest absolute Gasteiger partial charge is 0.335 e. The lowest BCUT2D eigenvalue weighted by Crippen LogP contribution is -2.16. The number of carboxylic acid groups (broad SMARTS) is 1. The van der Waals surface area contributed by atoms with Gasteiger partial charge in [0.2, 0.25) is 0 Å². The number of aromatic carboxylic acids is 1. The number of halogens is 2. The van der Waals surface area contributed by atoms with Gasteiger partial charge in [-0.05, 0) is 54.3 Å². The summed E-state index contributed by atoms with van der Waals surface area (Å²) in [5, 5.41) is 9.22. The largest absolute Gasteiger partial charge is 0.478 e. The van der Waals surface area contributed by atoms with Gasteiger partial charge in [0.15, 0.2) is 4.90 Å². The zero-order valence-electron chi connectivity index (χ0n) is 15.1. The minimum atomic E-state index is -4.42. The number of rotatable bonds is 7. The second-order valence-corrected chi connectivity index (χ2v) is 7.93. The van der Waals surface area contributed by atoms with E-state index in [0.29, 0.717) is 18.4 Å². The summed E-state index contributed by atoms with van der Waals surface area (Å²) in [6, 6.07) is 15.8. The molecule has 3 aromatic carbocycles. The molecule has 0 saturated carbocycles. The second kappa shape index (κ2) is 8.40. The van der Waals surface area contributed by atoms with Crippen molar-refractivity contribution in [1.29, 1.82) is 0 Å². The number of carboxylic acids is 1. The molecule has 29 heavy (non-hydrogen) atoms. The quantitative estimate of drug-likeness (QED) is 0.602. The molecule has 0 aliphatic carbocycles. The molecule has 8 heteroatoms. The Balaban J connectivity index is 1.72. The van der Waals surface area contributed by atoms with Gasteiger partial charge in [-0.3, -0.25) is 4.72 Å². The second-order valence-electron chi connectivity index (χ2n) is 6.32. The van der Waals surface area contributed by atoms with Gasteiger partial charge in [-0.25, -0.2) is 22.0 Å². The third kappa shape index (κ3) is 4.78. The summed E-state index contributed by atoms with van der Waals surface area (Å²) in [5.74, 6) is -3.34. The average Bonchev–Trinajstić information content (AvgIpc) is 2.67. The van der Waals surface area contributed by atoms with Crippen LogP contribution < -0.4 is 4.72 Å². The van der Waals surface area contributed by atoms with Crippen molar-refractivity contribution in [3.8, 4) is 0 Å². The van der Waals surface area contributed by atoms with Crippen molar-refractivity contribution in [3.05, 3.63) is 95.1 Å². The Morgan fingerprint density at radius 1 is 0.862 bits per heavy atom. The van der Waals surface area contributed by atoms with Crippen LogP contribution in [-0.4, -0.2) is 19.5 Å². The van der Waals surface area contributed by atoms with Crippen LogP contribution in [-0.2, 0) is 22.9 Å². The molecule has 0 radical (unpaired) electrons. The van der Waals surface area contributed by atoms with Gasteiger partial charge in [-0.1, -0.05) is 36.4 Å². The van der Waals surface area contributed by atoms with Gasteiger partial charge in [-0.2, -0.15) is 0 Å². The fourth-order valence-corrected chi connectivity index (χ4v) is 4.11. The molecule has 0 spiro atoms. The molecular weight excluding hydrogens is 400 g/mol. The monoisotopic (exact) mass is 417 g/mol. The average molecular weight is 417 g/mol. The first-order chi connectivity index (χ1) is 13.8. The summed E-state index contributed by atoms with van der Waals surface area (Å²) < 4.78 is 54.3. The minimum Gasteiger partial charge on any atom is -0.478 e. The third-order valence-corrected chi connectivity index (χ3v) is 5.76. The lowest BCUT2D eigenvalue weighted by Gasteiger charge is -2.11. The molecule has 3 aromatic rings. The fraction of sp³-hybridized carbons (Fsp3) is 0.0952. The van der Waals surface area contributed by atoms with Crippen molar-refractivity contribution in [2.45, 2.75) is 17.7 Å². The number of aryl methyl sites for hydroxylation is 2. The first-order valence-electron chi connectivity index (χ1n) is 8.65. The van der Waals surface area contributed by atoms with Crippen LogP contribution in [0.4, 0.5) is 14.5 Å². The maximum atomic E-state index is 13.8. The van der Waals surface area contributed by atoms with Crippen LogP contribution >= 0.6 is 0 Å². The molecule has 2 N–H and O–H groups in total. The summed E-state index contributed by atoms with van der Waals surface area (Å²) in [4.78, 5) is 10.2. The highest BCUT2D eigenvalue weighted by molar-refractivity contribution is 7.92. The van der Waals surface area contributed by atoms with Crippen LogP contribution in [0, 0.1) is 11.6 Å². The lowest BCUT2D eigenvalue weighted by molar-refractivity contribution is 0.0695. The predicted molar refractivity (Wildman–Crippen MR) is 104 cm³/mol. The Morgan fingerprint density at radius 2 is 1.48 bits per heavy atom. The van der Waals surface area contributed by atoms with Crippen molar-refractivity contribution in [2.24, 2.45) is 0 Å². The van der Waals surface area contributed by atoms with Gasteiger partial charge < -0.3 is 5.11 Å². The Hall–Kier alpha value is -3.26. The molecule has 150 valence electrons. The normalized spacial score (nSPS) is 11.2. The molecule has 0 bridgehead atoms. The van der Waals surface area contributed by atoms with Crippen LogP contribution in [0.3, 0.4) is 0 Å². The zero-order chi connectivity index (χ0) is 21.0. The van der Waals surface area contributed by atoms with Crippen molar-refractivity contribution in [3.63, 3.8) is 0 Å². The van der Waals surface area contributed by atoms with Gasteiger partial charge >= 0.3 is 5.97 Å². The highest BCUT2D eigenvalue weighted by Gasteiger charge is 2.23. The van der Waals surface area contributed by atoms with E-state index in [2.05, 4.69) is 4.72 Å². The van der Waals surface area contributed by atoms with Gasteiger partial charge in [-0.15, -0.1) is 0 Å². The van der Waals surface area contributed by atoms with E-state index in [9.17, 15) is 27.1 Å². The van der Waals surface area contributed by atoms with E-state index in [1.807, 2.05) is 0 Å². The molecule has 0 amide bonds. The Morgan fingerprint density at radius 3 is 2.10 bits per heavy atom. The van der Waals surface area contributed by atoms with Crippen molar-refractivity contribution in [2.75, 3.05) is 4.72 Å². The topological polar surface area (TPSA) is 83.5 Å². The van der Waals surface area contributed by atoms with Crippen LogP contribution in [0.5, 0.6) is 0 Å². The fourth-order valence-electron chi connectivity index (χ4n) is 2.91. The van der Waals surface area contributed by atoms with E-state index in [-0.39, 0.29) is 11.3 Å². The van der Waals surface area contributed by atoms with Gasteiger partial charge in [0.25, 0.3) is 10.0 Å². The maximum Gasteiger partial charge on any atom is 0.335 e. The summed E-state index contributed by atoms with van der Waals surface area (Å²) in [6.07, 6.45) is 1.03. The van der Waals surface area contributed by atoms with Crippen LogP contribution in [0.1, 0.15) is 21.5 Å². The van der Waals surface area contributed by atoms with E-state index in [4.69, 9.17) is 0 Å². The SMILES string of the molecule is O=C(O)c1ccccc1CCc1ccc(NS(=O)(=O)c2c(F)cccc2F)cc1. The first kappa shape index (κ1) is 20.5. The summed E-state index contributed by atoms with van der Waals surface area (Å²) >= 11 is 0.